The molecular weight excluding hydrogens is 344 g/mol. The fraction of sp³-hybridized carbons (Fsp3) is 0.429. The quantitative estimate of drug-likeness (QED) is 0.649. The molecule has 0 saturated heterocycles. The van der Waals surface area contributed by atoms with Crippen LogP contribution in [0, 0.1) is 0 Å². The van der Waals surface area contributed by atoms with Crippen molar-refractivity contribution < 1.29 is 40.7 Å². The summed E-state index contributed by atoms with van der Waals surface area (Å²) in [4.78, 5) is 22.1. The van der Waals surface area contributed by atoms with Crippen LogP contribution in [0.3, 0.4) is 0 Å². The van der Waals surface area contributed by atoms with E-state index in [1.807, 2.05) is 0 Å². The van der Waals surface area contributed by atoms with E-state index in [-0.39, 0.29) is 12.6 Å². The van der Waals surface area contributed by atoms with E-state index < -0.39 is 47.9 Å². The number of hydrogen-bond acceptors (Lipinski definition) is 3. The number of nitrogens with one attached hydrogen (secondary N) is 1. The van der Waals surface area contributed by atoms with Crippen molar-refractivity contribution in [3.05, 3.63) is 35.4 Å². The number of amides is 1. The second-order valence-corrected chi connectivity index (χ2v) is 4.77. The Balaban J connectivity index is 2.95. The van der Waals surface area contributed by atoms with Gasteiger partial charge in [0.1, 0.15) is 0 Å². The molecule has 1 aromatic carbocycles. The monoisotopic (exact) mass is 357 g/mol. The molecule has 1 amide bonds. The molecule has 134 valence electrons. The Kier molecular flexibility index (Phi) is 6.22. The molecule has 0 aliphatic heterocycles. The Morgan fingerprint density at radius 2 is 1.79 bits per heavy atom. The van der Waals surface area contributed by atoms with E-state index >= 15 is 0 Å². The number of carbonyl (C=O) groups is 2. The second kappa shape index (κ2) is 7.54. The normalized spacial score (nSPS) is 13.3. The minimum atomic E-state index is -5.09. The molecule has 4 nitrogen and oxygen atoms in total. The predicted octanol–water partition coefficient (Wildman–Crippen LogP) is 3.38. The Labute approximate surface area is 132 Å². The number of carbonyl (C=O) groups excluding carboxylic acids is 2. The van der Waals surface area contributed by atoms with Crippen LogP contribution in [0.4, 0.5) is 26.3 Å². The van der Waals surface area contributed by atoms with Crippen LogP contribution < -0.4 is 5.32 Å². The summed E-state index contributed by atoms with van der Waals surface area (Å²) >= 11 is 0. The van der Waals surface area contributed by atoms with Crippen LogP contribution in [0.5, 0.6) is 0 Å². The van der Waals surface area contributed by atoms with Crippen LogP contribution in [0.25, 0.3) is 0 Å². The van der Waals surface area contributed by atoms with E-state index in [4.69, 9.17) is 0 Å². The summed E-state index contributed by atoms with van der Waals surface area (Å²) in [6, 6.07) is 2.46. The maximum absolute atomic E-state index is 13.0. The van der Waals surface area contributed by atoms with Crippen molar-refractivity contribution in [3.63, 3.8) is 0 Å². The molecule has 0 aliphatic carbocycles. The number of rotatable bonds is 5. The van der Waals surface area contributed by atoms with Crippen LogP contribution in [0.15, 0.2) is 24.3 Å². The van der Waals surface area contributed by atoms with Gasteiger partial charge in [-0.25, -0.2) is 0 Å². The lowest BCUT2D eigenvalue weighted by Gasteiger charge is -2.22. The van der Waals surface area contributed by atoms with Crippen LogP contribution >= 0.6 is 0 Å². The third-order valence-corrected chi connectivity index (χ3v) is 2.77. The first kappa shape index (κ1) is 19.8. The van der Waals surface area contributed by atoms with Crippen molar-refractivity contribution in [2.45, 2.75) is 31.8 Å². The molecule has 1 atom stereocenters. The molecule has 0 spiro atoms. The van der Waals surface area contributed by atoms with Gasteiger partial charge in [0.05, 0.1) is 12.0 Å². The van der Waals surface area contributed by atoms with Gasteiger partial charge in [-0.2, -0.15) is 26.3 Å². The molecule has 24 heavy (non-hydrogen) atoms. The molecule has 0 radical (unpaired) electrons. The molecule has 0 bridgehead atoms. The maximum Gasteiger partial charge on any atom is 0.429 e. The molecular formula is C14H13F6NO3. The Hall–Kier alpha value is -2.26. The van der Waals surface area contributed by atoms with E-state index in [2.05, 4.69) is 10.1 Å². The summed E-state index contributed by atoms with van der Waals surface area (Å²) in [5.74, 6) is -1.79. The predicted molar refractivity (Wildman–Crippen MR) is 69.6 cm³/mol. The van der Waals surface area contributed by atoms with E-state index in [0.717, 1.165) is 19.1 Å². The molecule has 1 rings (SSSR count). The third-order valence-electron chi connectivity index (χ3n) is 2.77. The largest absolute Gasteiger partial charge is 0.448 e. The summed E-state index contributed by atoms with van der Waals surface area (Å²) in [7, 11) is 0. The number of ether oxygens (including phenoxy) is 1. The highest BCUT2D eigenvalue weighted by Gasteiger charge is 2.45. The van der Waals surface area contributed by atoms with Gasteiger partial charge in [0, 0.05) is 19.0 Å². The van der Waals surface area contributed by atoms with Crippen molar-refractivity contribution in [2.75, 3.05) is 6.54 Å². The first-order chi connectivity index (χ1) is 10.9. The smallest absolute Gasteiger partial charge is 0.429 e. The van der Waals surface area contributed by atoms with E-state index in [9.17, 15) is 35.9 Å². The topological polar surface area (TPSA) is 55.4 Å². The lowest BCUT2D eigenvalue weighted by atomic mass is 10.1. The van der Waals surface area contributed by atoms with E-state index in [1.54, 1.807) is 0 Å². The number of benzene rings is 1. The van der Waals surface area contributed by atoms with Gasteiger partial charge in [0.15, 0.2) is 0 Å². The van der Waals surface area contributed by atoms with Crippen LogP contribution in [-0.4, -0.2) is 24.6 Å². The van der Waals surface area contributed by atoms with Gasteiger partial charge in [-0.1, -0.05) is 12.1 Å². The zero-order valence-corrected chi connectivity index (χ0v) is 12.3. The van der Waals surface area contributed by atoms with E-state index in [1.165, 1.54) is 0 Å². The van der Waals surface area contributed by atoms with Gasteiger partial charge < -0.3 is 10.1 Å². The molecule has 0 saturated carbocycles. The Morgan fingerprint density at radius 1 is 1.17 bits per heavy atom. The minimum absolute atomic E-state index is 0.249. The van der Waals surface area contributed by atoms with Crippen LogP contribution in [0.1, 0.15) is 30.6 Å². The zero-order chi connectivity index (χ0) is 18.5. The van der Waals surface area contributed by atoms with Crippen molar-refractivity contribution in [1.29, 1.82) is 0 Å². The highest BCUT2D eigenvalue weighted by molar-refractivity contribution is 5.74. The van der Waals surface area contributed by atoms with Gasteiger partial charge in [0.2, 0.25) is 12.0 Å². The molecule has 0 heterocycles. The minimum Gasteiger partial charge on any atom is -0.448 e. The number of hydrogen-bond donors (Lipinski definition) is 1. The van der Waals surface area contributed by atoms with Crippen molar-refractivity contribution in [1.82, 2.24) is 5.32 Å². The first-order valence-electron chi connectivity index (χ1n) is 6.59. The lowest BCUT2D eigenvalue weighted by molar-refractivity contribution is -0.224. The standard InChI is InChI=1S/C14H13F6NO3/c1-8(22)21-6-5-11(23)24-12(14(18,19)20)9-3-2-4-10(7-9)13(15,16)17/h2-4,7,12H,5-6H2,1H3,(H,21,22). The fourth-order valence-corrected chi connectivity index (χ4v) is 1.73. The van der Waals surface area contributed by atoms with Gasteiger partial charge >= 0.3 is 18.3 Å². The first-order valence-corrected chi connectivity index (χ1v) is 6.59. The Morgan fingerprint density at radius 3 is 2.29 bits per heavy atom. The summed E-state index contributed by atoms with van der Waals surface area (Å²) in [6.07, 6.45) is -13.3. The molecule has 1 aromatic rings. The lowest BCUT2D eigenvalue weighted by Crippen LogP contribution is -2.29. The zero-order valence-electron chi connectivity index (χ0n) is 12.3. The van der Waals surface area contributed by atoms with Crippen molar-refractivity contribution in [3.8, 4) is 0 Å². The summed E-state index contributed by atoms with van der Waals surface area (Å²) < 4.78 is 81.1. The second-order valence-electron chi connectivity index (χ2n) is 4.77. The third kappa shape index (κ3) is 6.09. The van der Waals surface area contributed by atoms with Gasteiger partial charge in [0.25, 0.3) is 0 Å². The summed E-state index contributed by atoms with van der Waals surface area (Å²) in [6.45, 7) is 0.897. The number of alkyl halides is 6. The van der Waals surface area contributed by atoms with Gasteiger partial charge in [-0.3, -0.25) is 9.59 Å². The maximum atomic E-state index is 13.0. The van der Waals surface area contributed by atoms with Crippen LogP contribution in [0.2, 0.25) is 0 Å². The van der Waals surface area contributed by atoms with Crippen LogP contribution in [-0.2, 0) is 20.5 Å². The fourth-order valence-electron chi connectivity index (χ4n) is 1.73. The molecule has 0 aliphatic rings. The highest BCUT2D eigenvalue weighted by Crippen LogP contribution is 2.38. The molecule has 10 heteroatoms. The average molecular weight is 357 g/mol. The van der Waals surface area contributed by atoms with Crippen molar-refractivity contribution in [2.24, 2.45) is 0 Å². The Bertz CT molecular complexity index is 597. The van der Waals surface area contributed by atoms with Gasteiger partial charge in [-0.15, -0.1) is 0 Å². The van der Waals surface area contributed by atoms with Gasteiger partial charge in [-0.05, 0) is 12.1 Å². The average Bonchev–Trinajstić information content (AvgIpc) is 2.42. The summed E-state index contributed by atoms with van der Waals surface area (Å²) in [5, 5.41) is 2.19. The summed E-state index contributed by atoms with van der Waals surface area (Å²) in [5.41, 5.74) is -2.13. The van der Waals surface area contributed by atoms with E-state index in [0.29, 0.717) is 6.07 Å². The van der Waals surface area contributed by atoms with Crippen molar-refractivity contribution >= 4 is 11.9 Å². The molecule has 0 aromatic heterocycles. The SMILES string of the molecule is CC(=O)NCCC(=O)OC(c1cccc(C(F)(F)F)c1)C(F)(F)F. The molecule has 1 unspecified atom stereocenters. The number of halogens is 6. The number of esters is 1. The molecule has 0 fully saturated rings. The molecule has 1 N–H and O–H groups in total. The highest BCUT2D eigenvalue weighted by atomic mass is 19.4.